The number of hydrogen-bond donors (Lipinski definition) is 0. The molecule has 1 aromatic carbocycles. The first-order valence-corrected chi connectivity index (χ1v) is 9.15. The molecule has 0 spiro atoms. The van der Waals surface area contributed by atoms with Gasteiger partial charge in [-0.25, -0.2) is 0 Å². The number of carbonyl (C=O) groups excluding carboxylic acids is 1. The number of anilines is 1. The van der Waals surface area contributed by atoms with Crippen LogP contribution in [0.2, 0.25) is 0 Å². The van der Waals surface area contributed by atoms with Gasteiger partial charge in [0, 0.05) is 41.5 Å². The molecule has 3 heterocycles. The lowest BCUT2D eigenvalue weighted by Gasteiger charge is -2.16. The van der Waals surface area contributed by atoms with Gasteiger partial charge in [-0.1, -0.05) is 11.2 Å². The number of carbonyl (C=O) groups is 1. The predicted octanol–water partition coefficient (Wildman–Crippen LogP) is 3.37. The molecule has 3 aromatic rings. The summed E-state index contributed by atoms with van der Waals surface area (Å²) >= 11 is 1.66. The minimum absolute atomic E-state index is 0.0735. The lowest BCUT2D eigenvalue weighted by Crippen LogP contribution is -2.24. The Morgan fingerprint density at radius 2 is 2.20 bits per heavy atom. The molecule has 1 aliphatic heterocycles. The Labute approximate surface area is 149 Å². The summed E-state index contributed by atoms with van der Waals surface area (Å²) in [5.41, 5.74) is 1.71. The quantitative estimate of drug-likeness (QED) is 0.670. The largest absolute Gasteiger partial charge is 0.339 e. The second-order valence-electron chi connectivity index (χ2n) is 5.80. The van der Waals surface area contributed by atoms with Crippen LogP contribution >= 0.6 is 11.8 Å². The number of aromatic nitrogens is 3. The summed E-state index contributed by atoms with van der Waals surface area (Å²) in [6, 6.07) is 11.7. The summed E-state index contributed by atoms with van der Waals surface area (Å²) in [7, 11) is 0. The van der Waals surface area contributed by atoms with Crippen molar-refractivity contribution in [1.29, 1.82) is 0 Å². The molecule has 1 unspecified atom stereocenters. The van der Waals surface area contributed by atoms with Gasteiger partial charge in [0.2, 0.25) is 17.6 Å². The van der Waals surface area contributed by atoms with Crippen molar-refractivity contribution in [2.24, 2.45) is 0 Å². The van der Waals surface area contributed by atoms with Gasteiger partial charge in [0.05, 0.1) is 5.92 Å². The minimum atomic E-state index is -0.0941. The van der Waals surface area contributed by atoms with Crippen LogP contribution in [0.25, 0.3) is 11.4 Å². The molecular weight excluding hydrogens is 336 g/mol. The number of hydrogen-bond acceptors (Lipinski definition) is 6. The lowest BCUT2D eigenvalue weighted by atomic mass is 10.1. The highest BCUT2D eigenvalue weighted by Crippen LogP contribution is 2.33. The van der Waals surface area contributed by atoms with Gasteiger partial charge in [-0.15, -0.1) is 11.8 Å². The van der Waals surface area contributed by atoms with Crippen LogP contribution in [0.3, 0.4) is 0 Å². The molecule has 0 aliphatic carbocycles. The number of rotatable bonds is 4. The standard InChI is InChI=1S/C18H16N4O2S/c1-25-15-6-2-5-14(9-15)22-11-13(8-16(22)23)18-20-17(21-24-18)12-4-3-7-19-10-12/h2-7,9-10,13H,8,11H2,1H3. The highest BCUT2D eigenvalue weighted by atomic mass is 32.2. The molecule has 7 heteroatoms. The van der Waals surface area contributed by atoms with Gasteiger partial charge < -0.3 is 9.42 Å². The van der Waals surface area contributed by atoms with E-state index in [0.29, 0.717) is 24.7 Å². The van der Waals surface area contributed by atoms with Crippen molar-refractivity contribution < 1.29 is 9.32 Å². The van der Waals surface area contributed by atoms with E-state index in [2.05, 4.69) is 15.1 Å². The molecule has 0 radical (unpaired) electrons. The van der Waals surface area contributed by atoms with Crippen molar-refractivity contribution in [1.82, 2.24) is 15.1 Å². The number of benzene rings is 1. The normalized spacial score (nSPS) is 17.2. The van der Waals surface area contributed by atoms with Crippen molar-refractivity contribution in [3.63, 3.8) is 0 Å². The zero-order valence-electron chi connectivity index (χ0n) is 13.6. The van der Waals surface area contributed by atoms with E-state index in [9.17, 15) is 4.79 Å². The van der Waals surface area contributed by atoms with Crippen molar-refractivity contribution >= 4 is 23.4 Å². The molecule has 6 nitrogen and oxygen atoms in total. The van der Waals surface area contributed by atoms with Crippen molar-refractivity contribution in [2.75, 3.05) is 17.7 Å². The van der Waals surface area contributed by atoms with E-state index in [1.165, 1.54) is 0 Å². The molecule has 0 bridgehead atoms. The maximum absolute atomic E-state index is 12.5. The van der Waals surface area contributed by atoms with E-state index in [1.54, 1.807) is 29.1 Å². The fraction of sp³-hybridized carbons (Fsp3) is 0.222. The Hall–Kier alpha value is -2.67. The van der Waals surface area contributed by atoms with Gasteiger partial charge in [-0.2, -0.15) is 4.98 Å². The average molecular weight is 352 g/mol. The molecule has 2 aromatic heterocycles. The maximum atomic E-state index is 12.5. The van der Waals surface area contributed by atoms with E-state index in [4.69, 9.17) is 4.52 Å². The second kappa shape index (κ2) is 6.68. The van der Waals surface area contributed by atoms with Crippen LogP contribution in [0.1, 0.15) is 18.2 Å². The highest BCUT2D eigenvalue weighted by molar-refractivity contribution is 7.98. The van der Waals surface area contributed by atoms with Crippen LogP contribution < -0.4 is 4.90 Å². The van der Waals surface area contributed by atoms with Crippen LogP contribution in [0, 0.1) is 0 Å². The van der Waals surface area contributed by atoms with E-state index in [-0.39, 0.29) is 11.8 Å². The molecule has 126 valence electrons. The summed E-state index contributed by atoms with van der Waals surface area (Å²) < 4.78 is 5.41. The molecule has 1 amide bonds. The van der Waals surface area contributed by atoms with Crippen molar-refractivity contribution in [2.45, 2.75) is 17.2 Å². The minimum Gasteiger partial charge on any atom is -0.339 e. The Balaban J connectivity index is 1.55. The Bertz CT molecular complexity index is 897. The van der Waals surface area contributed by atoms with Crippen LogP contribution in [0.5, 0.6) is 0 Å². The van der Waals surface area contributed by atoms with E-state index in [0.717, 1.165) is 16.1 Å². The number of nitrogens with zero attached hydrogens (tertiary/aromatic N) is 4. The molecule has 1 atom stereocenters. The summed E-state index contributed by atoms with van der Waals surface area (Å²) in [5.74, 6) is 0.974. The lowest BCUT2D eigenvalue weighted by molar-refractivity contribution is -0.117. The molecule has 0 N–H and O–H groups in total. The van der Waals surface area contributed by atoms with E-state index in [1.807, 2.05) is 42.7 Å². The van der Waals surface area contributed by atoms with Gasteiger partial charge in [0.25, 0.3) is 0 Å². The summed E-state index contributed by atoms with van der Waals surface area (Å²) in [6.45, 7) is 0.547. The Morgan fingerprint density at radius 3 is 3.00 bits per heavy atom. The van der Waals surface area contributed by atoms with Crippen LogP contribution in [-0.4, -0.2) is 33.8 Å². The van der Waals surface area contributed by atoms with Gasteiger partial charge in [-0.05, 0) is 36.6 Å². The Kier molecular flexibility index (Phi) is 4.23. The molecule has 0 saturated carbocycles. The fourth-order valence-corrected chi connectivity index (χ4v) is 3.37. The van der Waals surface area contributed by atoms with Crippen molar-refractivity contribution in [3.8, 4) is 11.4 Å². The summed E-state index contributed by atoms with van der Waals surface area (Å²) in [5, 5.41) is 4.02. The van der Waals surface area contributed by atoms with Gasteiger partial charge in [0.15, 0.2) is 0 Å². The summed E-state index contributed by atoms with van der Waals surface area (Å²) in [6.07, 6.45) is 5.78. The number of thioether (sulfide) groups is 1. The van der Waals surface area contributed by atoms with Crippen LogP contribution in [0.15, 0.2) is 58.2 Å². The average Bonchev–Trinajstić information content (AvgIpc) is 3.29. The van der Waals surface area contributed by atoms with Gasteiger partial charge >= 0.3 is 0 Å². The molecular formula is C18H16N4O2S. The smallest absolute Gasteiger partial charge is 0.232 e. The topological polar surface area (TPSA) is 72.1 Å². The SMILES string of the molecule is CSc1cccc(N2CC(c3nc(-c4cccnc4)no3)CC2=O)c1. The first kappa shape index (κ1) is 15.8. The van der Waals surface area contributed by atoms with Gasteiger partial charge in [-0.3, -0.25) is 9.78 Å². The van der Waals surface area contributed by atoms with E-state index < -0.39 is 0 Å². The highest BCUT2D eigenvalue weighted by Gasteiger charge is 2.35. The summed E-state index contributed by atoms with van der Waals surface area (Å²) in [4.78, 5) is 23.9. The third-order valence-electron chi connectivity index (χ3n) is 4.20. The fourth-order valence-electron chi connectivity index (χ4n) is 2.91. The molecule has 1 fully saturated rings. The third kappa shape index (κ3) is 3.15. The second-order valence-corrected chi connectivity index (χ2v) is 6.68. The Morgan fingerprint density at radius 1 is 1.28 bits per heavy atom. The third-order valence-corrected chi connectivity index (χ3v) is 4.93. The molecule has 1 aliphatic rings. The van der Waals surface area contributed by atoms with E-state index >= 15 is 0 Å². The molecule has 4 rings (SSSR count). The number of amides is 1. The molecule has 25 heavy (non-hydrogen) atoms. The first-order chi connectivity index (χ1) is 12.2. The first-order valence-electron chi connectivity index (χ1n) is 7.93. The van der Waals surface area contributed by atoms with Crippen molar-refractivity contribution in [3.05, 3.63) is 54.7 Å². The number of pyridine rings is 1. The van der Waals surface area contributed by atoms with Gasteiger partial charge in [0.1, 0.15) is 0 Å². The monoisotopic (exact) mass is 352 g/mol. The van der Waals surface area contributed by atoms with Crippen LogP contribution in [0.4, 0.5) is 5.69 Å². The zero-order chi connectivity index (χ0) is 17.2. The predicted molar refractivity (Wildman–Crippen MR) is 95.5 cm³/mol. The molecule has 1 saturated heterocycles. The zero-order valence-corrected chi connectivity index (χ0v) is 14.4. The van der Waals surface area contributed by atoms with Crippen LogP contribution in [-0.2, 0) is 4.79 Å². The maximum Gasteiger partial charge on any atom is 0.232 e.